The van der Waals surface area contributed by atoms with Crippen molar-refractivity contribution >= 4 is 7.12 Å². The van der Waals surface area contributed by atoms with Crippen molar-refractivity contribution in [2.45, 2.75) is 32.5 Å². The normalized spacial score (nSPS) is 17.0. The molecule has 1 atom stereocenters. The molecule has 1 aromatic heterocycles. The summed E-state index contributed by atoms with van der Waals surface area (Å²) in [7, 11) is 0.965. The topological polar surface area (TPSA) is 60.8 Å². The summed E-state index contributed by atoms with van der Waals surface area (Å²) in [6, 6.07) is 8.12. The zero-order valence-corrected chi connectivity index (χ0v) is 15.0. The van der Waals surface area contributed by atoms with Gasteiger partial charge in [0, 0.05) is 30.0 Å². The minimum absolute atomic E-state index is 0.178. The Morgan fingerprint density at radius 3 is 2.76 bits per heavy atom. The van der Waals surface area contributed by atoms with Gasteiger partial charge in [0.1, 0.15) is 0 Å². The number of nitrogens with zero attached hydrogens (tertiary/aromatic N) is 1. The number of rotatable bonds is 6. The zero-order valence-electron chi connectivity index (χ0n) is 15.0. The van der Waals surface area contributed by atoms with Gasteiger partial charge in [0.05, 0.1) is 13.7 Å². The molecule has 0 saturated carbocycles. The van der Waals surface area contributed by atoms with E-state index >= 15 is 0 Å². The Bertz CT molecular complexity index is 737. The van der Waals surface area contributed by atoms with E-state index in [1.165, 1.54) is 0 Å². The standard InChI is InChI=1S/C19H24BNO4/c1-4-17-16(8-14(11-21-17)15-10-20(22)25-12-15)13-6-7-18(23-3)19(9-13)24-5-2/h6-9,11,15,22H,4-5,10,12H2,1-3H3/t15-/m1/s1. The molecule has 25 heavy (non-hydrogen) atoms. The van der Waals surface area contributed by atoms with Crippen LogP contribution in [-0.2, 0) is 11.1 Å². The van der Waals surface area contributed by atoms with Gasteiger partial charge in [-0.1, -0.05) is 13.0 Å². The molecule has 2 aromatic rings. The predicted octanol–water partition coefficient (Wildman–Crippen LogP) is 3.31. The van der Waals surface area contributed by atoms with Gasteiger partial charge in [0.2, 0.25) is 0 Å². The first kappa shape index (κ1) is 17.8. The van der Waals surface area contributed by atoms with Gasteiger partial charge in [-0.2, -0.15) is 0 Å². The van der Waals surface area contributed by atoms with Crippen LogP contribution in [0.25, 0.3) is 11.1 Å². The number of hydrogen-bond donors (Lipinski definition) is 1. The lowest BCUT2D eigenvalue weighted by molar-refractivity contribution is 0.292. The Hall–Kier alpha value is -2.05. The molecule has 132 valence electrons. The van der Waals surface area contributed by atoms with Gasteiger partial charge in [0.15, 0.2) is 11.5 Å². The van der Waals surface area contributed by atoms with Crippen molar-refractivity contribution in [3.63, 3.8) is 0 Å². The van der Waals surface area contributed by atoms with E-state index in [0.717, 1.165) is 40.3 Å². The second kappa shape index (κ2) is 7.89. The first-order valence-electron chi connectivity index (χ1n) is 8.75. The highest BCUT2D eigenvalue weighted by atomic mass is 16.5. The van der Waals surface area contributed by atoms with E-state index in [9.17, 15) is 5.02 Å². The number of benzene rings is 1. The number of aromatic nitrogens is 1. The first-order chi connectivity index (χ1) is 12.2. The smallest absolute Gasteiger partial charge is 0.454 e. The molecule has 1 N–H and O–H groups in total. The van der Waals surface area contributed by atoms with Crippen LogP contribution in [0, 0.1) is 0 Å². The average Bonchev–Trinajstić information content (AvgIpc) is 3.08. The van der Waals surface area contributed by atoms with E-state index in [2.05, 4.69) is 18.0 Å². The fourth-order valence-corrected chi connectivity index (χ4v) is 3.22. The molecule has 2 heterocycles. The maximum atomic E-state index is 9.63. The number of hydrogen-bond acceptors (Lipinski definition) is 5. The SMILES string of the molecule is CCOc1cc(-c2cc([C@H]3COB(O)C3)cnc2CC)ccc1OC. The largest absolute Gasteiger partial charge is 0.493 e. The van der Waals surface area contributed by atoms with Crippen LogP contribution < -0.4 is 9.47 Å². The Balaban J connectivity index is 2.01. The van der Waals surface area contributed by atoms with E-state index in [1.54, 1.807) is 7.11 Å². The van der Waals surface area contributed by atoms with Gasteiger partial charge in [-0.05, 0) is 49.0 Å². The monoisotopic (exact) mass is 341 g/mol. The van der Waals surface area contributed by atoms with Gasteiger partial charge in [-0.25, -0.2) is 0 Å². The summed E-state index contributed by atoms with van der Waals surface area (Å²) in [4.78, 5) is 4.65. The molecule has 1 saturated heterocycles. The Morgan fingerprint density at radius 2 is 2.12 bits per heavy atom. The molecule has 1 fully saturated rings. The number of methoxy groups -OCH3 is 1. The molecule has 0 unspecified atom stereocenters. The molecule has 0 amide bonds. The summed E-state index contributed by atoms with van der Waals surface area (Å²) in [5.41, 5.74) is 4.27. The van der Waals surface area contributed by atoms with Gasteiger partial charge >= 0.3 is 7.12 Å². The lowest BCUT2D eigenvalue weighted by atomic mass is 9.79. The third-order valence-corrected chi connectivity index (χ3v) is 4.55. The van der Waals surface area contributed by atoms with Crippen LogP contribution in [0.2, 0.25) is 6.32 Å². The molecule has 5 nitrogen and oxygen atoms in total. The highest BCUT2D eigenvalue weighted by molar-refractivity contribution is 6.43. The highest BCUT2D eigenvalue weighted by Crippen LogP contribution is 2.36. The zero-order chi connectivity index (χ0) is 17.8. The van der Waals surface area contributed by atoms with Crippen molar-refractivity contribution in [1.29, 1.82) is 0 Å². The summed E-state index contributed by atoms with van der Waals surface area (Å²) < 4.78 is 16.4. The van der Waals surface area contributed by atoms with Gasteiger partial charge < -0.3 is 19.2 Å². The fourth-order valence-electron chi connectivity index (χ4n) is 3.22. The molecule has 0 bridgehead atoms. The maximum absolute atomic E-state index is 9.63. The van der Waals surface area contributed by atoms with E-state index in [1.807, 2.05) is 31.3 Å². The molecule has 0 aliphatic carbocycles. The van der Waals surface area contributed by atoms with Gasteiger partial charge in [0.25, 0.3) is 0 Å². The lowest BCUT2D eigenvalue weighted by Gasteiger charge is -2.15. The summed E-state index contributed by atoms with van der Waals surface area (Å²) in [6.45, 7) is 5.16. The van der Waals surface area contributed by atoms with Crippen LogP contribution in [-0.4, -0.2) is 37.4 Å². The molecular formula is C19H24BNO4. The number of pyridine rings is 1. The maximum Gasteiger partial charge on any atom is 0.454 e. The van der Waals surface area contributed by atoms with Gasteiger partial charge in [-0.3, -0.25) is 4.98 Å². The first-order valence-corrected chi connectivity index (χ1v) is 8.75. The minimum Gasteiger partial charge on any atom is -0.493 e. The van der Waals surface area contributed by atoms with Crippen LogP contribution in [0.5, 0.6) is 11.5 Å². The Kier molecular flexibility index (Phi) is 5.61. The molecule has 3 rings (SSSR count). The van der Waals surface area contributed by atoms with E-state index in [4.69, 9.17) is 14.1 Å². The molecule has 1 aliphatic rings. The van der Waals surface area contributed by atoms with E-state index < -0.39 is 7.12 Å². The second-order valence-electron chi connectivity index (χ2n) is 6.14. The predicted molar refractivity (Wildman–Crippen MR) is 98.2 cm³/mol. The summed E-state index contributed by atoms with van der Waals surface area (Å²) in [5.74, 6) is 1.63. The summed E-state index contributed by atoms with van der Waals surface area (Å²) >= 11 is 0. The van der Waals surface area contributed by atoms with Crippen LogP contribution >= 0.6 is 0 Å². The van der Waals surface area contributed by atoms with Crippen LogP contribution in [0.1, 0.15) is 31.0 Å². The molecule has 6 heteroatoms. The van der Waals surface area contributed by atoms with Crippen molar-refractivity contribution in [2.75, 3.05) is 20.3 Å². The third kappa shape index (κ3) is 3.80. The molecule has 0 spiro atoms. The van der Waals surface area contributed by atoms with Crippen molar-refractivity contribution < 1.29 is 19.2 Å². The fraction of sp³-hybridized carbons (Fsp3) is 0.421. The molecule has 0 radical (unpaired) electrons. The van der Waals surface area contributed by atoms with E-state index in [-0.39, 0.29) is 5.92 Å². The summed E-state index contributed by atoms with van der Waals surface area (Å²) in [5, 5.41) is 9.63. The van der Waals surface area contributed by atoms with Crippen molar-refractivity contribution in [3.8, 4) is 22.6 Å². The average molecular weight is 341 g/mol. The van der Waals surface area contributed by atoms with Crippen molar-refractivity contribution in [2.24, 2.45) is 0 Å². The molecule has 1 aromatic carbocycles. The quantitative estimate of drug-likeness (QED) is 0.817. The van der Waals surface area contributed by atoms with Crippen LogP contribution in [0.15, 0.2) is 30.5 Å². The van der Waals surface area contributed by atoms with Crippen molar-refractivity contribution in [3.05, 3.63) is 41.7 Å². The Morgan fingerprint density at radius 1 is 1.28 bits per heavy atom. The molecular weight excluding hydrogens is 317 g/mol. The third-order valence-electron chi connectivity index (χ3n) is 4.55. The van der Waals surface area contributed by atoms with Crippen LogP contribution in [0.4, 0.5) is 0 Å². The van der Waals surface area contributed by atoms with E-state index in [0.29, 0.717) is 19.5 Å². The number of ether oxygens (including phenoxy) is 2. The minimum atomic E-state index is -0.676. The van der Waals surface area contributed by atoms with Gasteiger partial charge in [-0.15, -0.1) is 0 Å². The summed E-state index contributed by atoms with van der Waals surface area (Å²) in [6.07, 6.45) is 3.36. The Labute approximate surface area is 149 Å². The second-order valence-corrected chi connectivity index (χ2v) is 6.14. The number of aryl methyl sites for hydroxylation is 1. The van der Waals surface area contributed by atoms with Crippen molar-refractivity contribution in [1.82, 2.24) is 4.98 Å². The van der Waals surface area contributed by atoms with Crippen LogP contribution in [0.3, 0.4) is 0 Å². The lowest BCUT2D eigenvalue weighted by Crippen LogP contribution is -2.08. The molecule has 1 aliphatic heterocycles. The highest BCUT2D eigenvalue weighted by Gasteiger charge is 2.30.